The molecule has 0 unspecified atom stereocenters. The zero-order valence-corrected chi connectivity index (χ0v) is 17.4. The third-order valence-corrected chi connectivity index (χ3v) is 5.78. The van der Waals surface area contributed by atoms with Crippen molar-refractivity contribution in [2.24, 2.45) is 12.8 Å². The zero-order chi connectivity index (χ0) is 22.6. The first-order valence-corrected chi connectivity index (χ1v) is 9.99. The number of nitrogens with one attached hydrogen (secondary N) is 1. The molecule has 0 spiro atoms. The lowest BCUT2D eigenvalue weighted by atomic mass is 9.94. The summed E-state index contributed by atoms with van der Waals surface area (Å²) in [5.74, 6) is -0.863. The summed E-state index contributed by atoms with van der Waals surface area (Å²) in [6.07, 6.45) is 3.68. The van der Waals surface area contributed by atoms with Crippen LogP contribution >= 0.6 is 0 Å². The number of H-pyrrole nitrogens is 1. The molecule has 2 amide bonds. The number of hydrogen-bond acceptors (Lipinski definition) is 5. The molecule has 0 bridgehead atoms. The van der Waals surface area contributed by atoms with E-state index in [1.807, 2.05) is 37.5 Å². The SMILES string of the molecule is C=C(CN1Cc2c(-c3ccc4[nH]nc(-c5cnn(C)c5)c4c3)ccc(N)c2C1=O)C(N)=O. The molecule has 1 aliphatic rings. The first kappa shape index (κ1) is 19.6. The molecule has 9 nitrogen and oxygen atoms in total. The van der Waals surface area contributed by atoms with Gasteiger partial charge in [-0.05, 0) is 34.9 Å². The molecule has 4 aromatic rings. The predicted octanol–water partition coefficient (Wildman–Crippen LogP) is 2.21. The van der Waals surface area contributed by atoms with Gasteiger partial charge in [0.1, 0.15) is 5.69 Å². The largest absolute Gasteiger partial charge is 0.398 e. The number of benzene rings is 2. The van der Waals surface area contributed by atoms with Crippen LogP contribution in [0, 0.1) is 0 Å². The molecule has 0 atom stereocenters. The van der Waals surface area contributed by atoms with E-state index in [0.717, 1.165) is 38.9 Å². The molecule has 3 heterocycles. The van der Waals surface area contributed by atoms with Crippen LogP contribution in [0.4, 0.5) is 5.69 Å². The highest BCUT2D eigenvalue weighted by Gasteiger charge is 2.32. The number of fused-ring (bicyclic) bond motifs is 2. The average Bonchev–Trinajstić information content (AvgIpc) is 3.45. The van der Waals surface area contributed by atoms with Gasteiger partial charge in [0.05, 0.1) is 23.8 Å². The Morgan fingerprint density at radius 3 is 2.78 bits per heavy atom. The number of nitrogens with two attached hydrogens (primary N) is 2. The molecule has 0 radical (unpaired) electrons. The van der Waals surface area contributed by atoms with Crippen molar-refractivity contribution in [2.75, 3.05) is 12.3 Å². The molecule has 2 aromatic heterocycles. The van der Waals surface area contributed by atoms with Crippen LogP contribution in [0.3, 0.4) is 0 Å². The molecular weight excluding hydrogens is 406 g/mol. The summed E-state index contributed by atoms with van der Waals surface area (Å²) in [6, 6.07) is 9.64. The number of rotatable bonds is 5. The Morgan fingerprint density at radius 2 is 2.06 bits per heavy atom. The fraction of sp³-hybridized carbons (Fsp3) is 0.130. The summed E-state index contributed by atoms with van der Waals surface area (Å²) in [7, 11) is 1.86. The van der Waals surface area contributed by atoms with Crippen molar-refractivity contribution in [3.63, 3.8) is 0 Å². The van der Waals surface area contributed by atoms with Gasteiger partial charge in [-0.3, -0.25) is 19.4 Å². The van der Waals surface area contributed by atoms with E-state index in [1.54, 1.807) is 16.9 Å². The van der Waals surface area contributed by atoms with Crippen LogP contribution in [0.5, 0.6) is 0 Å². The van der Waals surface area contributed by atoms with Gasteiger partial charge in [0.2, 0.25) is 5.91 Å². The van der Waals surface area contributed by atoms with Crippen LogP contribution in [-0.4, -0.2) is 43.2 Å². The highest BCUT2D eigenvalue weighted by atomic mass is 16.2. The van der Waals surface area contributed by atoms with E-state index in [2.05, 4.69) is 21.9 Å². The summed E-state index contributed by atoms with van der Waals surface area (Å²) in [6.45, 7) is 4.05. The Balaban J connectivity index is 1.59. The highest BCUT2D eigenvalue weighted by molar-refractivity contribution is 6.06. The second-order valence-corrected chi connectivity index (χ2v) is 7.92. The third-order valence-electron chi connectivity index (χ3n) is 5.78. The van der Waals surface area contributed by atoms with Gasteiger partial charge in [-0.2, -0.15) is 10.2 Å². The van der Waals surface area contributed by atoms with Crippen molar-refractivity contribution < 1.29 is 9.59 Å². The molecule has 5 rings (SSSR count). The number of carbonyl (C=O) groups is 2. The number of hydrogen-bond donors (Lipinski definition) is 3. The summed E-state index contributed by atoms with van der Waals surface area (Å²) in [5.41, 5.74) is 17.8. The Morgan fingerprint density at radius 1 is 1.25 bits per heavy atom. The summed E-state index contributed by atoms with van der Waals surface area (Å²) >= 11 is 0. The van der Waals surface area contributed by atoms with Gasteiger partial charge in [0.25, 0.3) is 5.91 Å². The first-order valence-electron chi connectivity index (χ1n) is 9.99. The number of nitrogen functional groups attached to an aromatic ring is 1. The number of aryl methyl sites for hydroxylation is 1. The van der Waals surface area contributed by atoms with E-state index in [4.69, 9.17) is 11.5 Å². The normalized spacial score (nSPS) is 13.0. The molecule has 0 saturated heterocycles. The molecule has 1 aliphatic heterocycles. The van der Waals surface area contributed by atoms with Gasteiger partial charge in [-0.25, -0.2) is 0 Å². The van der Waals surface area contributed by atoms with Gasteiger partial charge in [0.15, 0.2) is 0 Å². The predicted molar refractivity (Wildman–Crippen MR) is 121 cm³/mol. The lowest BCUT2D eigenvalue weighted by Gasteiger charge is -2.15. The van der Waals surface area contributed by atoms with E-state index >= 15 is 0 Å². The quantitative estimate of drug-likeness (QED) is 0.331. The second-order valence-electron chi connectivity index (χ2n) is 7.92. The minimum absolute atomic E-state index is 0.0631. The third kappa shape index (κ3) is 3.02. The lowest BCUT2D eigenvalue weighted by molar-refractivity contribution is -0.114. The van der Waals surface area contributed by atoms with Crippen molar-refractivity contribution in [1.29, 1.82) is 0 Å². The first-order chi connectivity index (χ1) is 15.3. The van der Waals surface area contributed by atoms with Gasteiger partial charge in [-0.15, -0.1) is 0 Å². The molecule has 160 valence electrons. The summed E-state index contributed by atoms with van der Waals surface area (Å²) in [5, 5.41) is 12.7. The Bertz CT molecular complexity index is 1430. The van der Waals surface area contributed by atoms with Gasteiger partial charge >= 0.3 is 0 Å². The van der Waals surface area contributed by atoms with Gasteiger partial charge in [0, 0.05) is 42.0 Å². The number of aromatic amines is 1. The zero-order valence-electron chi connectivity index (χ0n) is 17.4. The summed E-state index contributed by atoms with van der Waals surface area (Å²) in [4.78, 5) is 26.0. The maximum absolute atomic E-state index is 13.0. The van der Waals surface area contributed by atoms with Crippen molar-refractivity contribution in [2.45, 2.75) is 6.54 Å². The Labute approximate surface area is 183 Å². The summed E-state index contributed by atoms with van der Waals surface area (Å²) < 4.78 is 1.73. The number of carbonyl (C=O) groups excluding carboxylic acids is 2. The fourth-order valence-corrected chi connectivity index (χ4v) is 4.16. The number of primary amides is 1. The van der Waals surface area contributed by atoms with Crippen LogP contribution in [0.25, 0.3) is 33.3 Å². The minimum atomic E-state index is -0.629. The maximum Gasteiger partial charge on any atom is 0.256 e. The molecular formula is C23H21N7O2. The Kier molecular flexibility index (Phi) is 4.33. The van der Waals surface area contributed by atoms with Crippen LogP contribution < -0.4 is 11.5 Å². The van der Waals surface area contributed by atoms with Crippen molar-refractivity contribution in [3.8, 4) is 22.4 Å². The molecule has 0 saturated carbocycles. The van der Waals surface area contributed by atoms with E-state index in [1.165, 1.54) is 4.90 Å². The van der Waals surface area contributed by atoms with Crippen molar-refractivity contribution >= 4 is 28.4 Å². The smallest absolute Gasteiger partial charge is 0.256 e. The van der Waals surface area contributed by atoms with Crippen LogP contribution in [0.2, 0.25) is 0 Å². The van der Waals surface area contributed by atoms with Crippen LogP contribution in [0.1, 0.15) is 15.9 Å². The van der Waals surface area contributed by atoms with E-state index in [0.29, 0.717) is 17.8 Å². The average molecular weight is 427 g/mol. The van der Waals surface area contributed by atoms with Gasteiger partial charge in [-0.1, -0.05) is 18.7 Å². The Hall–Kier alpha value is -4.40. The fourth-order valence-electron chi connectivity index (χ4n) is 4.16. The number of nitrogens with zero attached hydrogens (tertiary/aromatic N) is 4. The number of aromatic nitrogens is 4. The molecule has 0 aliphatic carbocycles. The lowest BCUT2D eigenvalue weighted by Crippen LogP contribution is -2.30. The van der Waals surface area contributed by atoms with Crippen LogP contribution in [0.15, 0.2) is 54.9 Å². The second kappa shape index (κ2) is 7.09. The van der Waals surface area contributed by atoms with E-state index in [-0.39, 0.29) is 18.0 Å². The molecule has 2 aromatic carbocycles. The van der Waals surface area contributed by atoms with Crippen molar-refractivity contribution in [1.82, 2.24) is 24.9 Å². The number of amides is 2. The molecule has 32 heavy (non-hydrogen) atoms. The van der Waals surface area contributed by atoms with Crippen LogP contribution in [-0.2, 0) is 18.4 Å². The monoisotopic (exact) mass is 427 g/mol. The standard InChI is InChI=1S/C23H21N7O2/c1-12(22(25)31)9-30-11-17-15(4-5-18(24)20(17)23(30)32)13-3-6-19-16(7-13)21(28-27-19)14-8-26-29(2)10-14/h3-8,10H,1,9,11,24H2,2H3,(H2,25,31)(H,27,28). The highest BCUT2D eigenvalue weighted by Crippen LogP contribution is 2.38. The maximum atomic E-state index is 13.0. The molecule has 0 fully saturated rings. The van der Waals surface area contributed by atoms with E-state index < -0.39 is 5.91 Å². The van der Waals surface area contributed by atoms with E-state index in [9.17, 15) is 9.59 Å². The van der Waals surface area contributed by atoms with Gasteiger partial charge < -0.3 is 16.4 Å². The minimum Gasteiger partial charge on any atom is -0.398 e. The number of anilines is 1. The molecule has 5 N–H and O–H groups in total. The topological polar surface area (TPSA) is 136 Å². The molecule has 9 heteroatoms. The van der Waals surface area contributed by atoms with Crippen molar-refractivity contribution in [3.05, 3.63) is 66.0 Å².